The molecule has 0 aliphatic rings. The second kappa shape index (κ2) is 9.59. The van der Waals surface area contributed by atoms with E-state index in [4.69, 9.17) is 9.47 Å². The molecule has 152 valence electrons. The molecule has 0 aromatic heterocycles. The van der Waals surface area contributed by atoms with Gasteiger partial charge in [0.1, 0.15) is 18.1 Å². The number of ether oxygens (including phenoxy) is 2. The number of hydrogen-bond donors (Lipinski definition) is 0. The van der Waals surface area contributed by atoms with Crippen molar-refractivity contribution in [3.8, 4) is 11.5 Å². The first-order valence-corrected chi connectivity index (χ1v) is 8.97. The normalized spacial score (nSPS) is 12.0. The van der Waals surface area contributed by atoms with Crippen LogP contribution in [0.4, 0.5) is 18.9 Å². The lowest BCUT2D eigenvalue weighted by molar-refractivity contribution is -0.138. The molecule has 0 spiro atoms. The van der Waals surface area contributed by atoms with E-state index in [-0.39, 0.29) is 11.3 Å². The third kappa shape index (κ3) is 5.99. The Morgan fingerprint density at radius 3 is 2.36 bits per heavy atom. The summed E-state index contributed by atoms with van der Waals surface area (Å²) in [6.45, 7) is 4.92. The number of halogens is 3. The van der Waals surface area contributed by atoms with Crippen LogP contribution in [0.3, 0.4) is 0 Å². The third-order valence-corrected chi connectivity index (χ3v) is 3.99. The molecule has 0 radical (unpaired) electrons. The minimum Gasteiger partial charge on any atom is -0.493 e. The largest absolute Gasteiger partial charge is 0.493 e. The minimum absolute atomic E-state index is 0.161. The molecule has 7 heteroatoms. The molecule has 2 rings (SSSR count). The number of rotatable bonds is 8. The topological polar surface area (TPSA) is 34.1 Å². The maximum Gasteiger partial charge on any atom is 0.416 e. The molecule has 0 aliphatic heterocycles. The van der Waals surface area contributed by atoms with Crippen molar-refractivity contribution in [2.24, 2.45) is 4.99 Å². The fraction of sp³-hybridized carbons (Fsp3) is 0.381. The second-order valence-electron chi connectivity index (χ2n) is 6.51. The summed E-state index contributed by atoms with van der Waals surface area (Å²) in [4.78, 5) is 6.23. The predicted octanol–water partition coefficient (Wildman–Crippen LogP) is 5.10. The van der Waals surface area contributed by atoms with Crippen LogP contribution < -0.4 is 9.47 Å². The van der Waals surface area contributed by atoms with Crippen LogP contribution in [0.1, 0.15) is 23.6 Å². The number of aryl methyl sites for hydroxylation is 1. The molecule has 0 fully saturated rings. The quantitative estimate of drug-likeness (QED) is 0.584. The summed E-state index contributed by atoms with van der Waals surface area (Å²) in [6, 6.07) is 9.38. The van der Waals surface area contributed by atoms with Crippen LogP contribution in [0, 0.1) is 6.92 Å². The zero-order valence-electron chi connectivity index (χ0n) is 16.5. The van der Waals surface area contributed by atoms with Gasteiger partial charge < -0.3 is 14.4 Å². The molecule has 0 amide bonds. The van der Waals surface area contributed by atoms with Gasteiger partial charge in [0.05, 0.1) is 23.4 Å². The van der Waals surface area contributed by atoms with Crippen molar-refractivity contribution < 1.29 is 22.6 Å². The number of likely N-dealkylation sites (N-methyl/N-ethyl adjacent to an activating group) is 1. The average molecular weight is 394 g/mol. The average Bonchev–Trinajstić information content (AvgIpc) is 2.61. The molecule has 0 N–H and O–H groups in total. The summed E-state index contributed by atoms with van der Waals surface area (Å²) in [5.74, 6) is 1.14. The van der Waals surface area contributed by atoms with Crippen molar-refractivity contribution in [2.75, 3.05) is 33.9 Å². The van der Waals surface area contributed by atoms with E-state index in [1.54, 1.807) is 24.3 Å². The first-order valence-electron chi connectivity index (χ1n) is 8.97. The van der Waals surface area contributed by atoms with Gasteiger partial charge in [-0.1, -0.05) is 12.1 Å². The molecule has 0 atom stereocenters. The fourth-order valence-corrected chi connectivity index (χ4v) is 2.53. The number of hydrogen-bond acceptors (Lipinski definition) is 4. The van der Waals surface area contributed by atoms with E-state index in [1.165, 1.54) is 19.2 Å². The maximum atomic E-state index is 13.1. The van der Waals surface area contributed by atoms with Crippen LogP contribution >= 0.6 is 0 Å². The van der Waals surface area contributed by atoms with E-state index in [2.05, 4.69) is 4.99 Å². The van der Waals surface area contributed by atoms with Crippen LogP contribution in [-0.2, 0) is 6.18 Å². The predicted molar refractivity (Wildman–Crippen MR) is 105 cm³/mol. The van der Waals surface area contributed by atoms with Crippen LogP contribution in [0.15, 0.2) is 41.4 Å². The molecular weight excluding hydrogens is 369 g/mol. The van der Waals surface area contributed by atoms with Gasteiger partial charge in [-0.25, -0.2) is 0 Å². The van der Waals surface area contributed by atoms with E-state index in [1.807, 2.05) is 25.9 Å². The van der Waals surface area contributed by atoms with Gasteiger partial charge in [-0.05, 0) is 57.8 Å². The highest BCUT2D eigenvalue weighted by Gasteiger charge is 2.32. The van der Waals surface area contributed by atoms with Gasteiger partial charge in [0.15, 0.2) is 0 Å². The van der Waals surface area contributed by atoms with Gasteiger partial charge in [-0.3, -0.25) is 4.99 Å². The van der Waals surface area contributed by atoms with E-state index >= 15 is 0 Å². The Kier molecular flexibility index (Phi) is 7.45. The number of nitrogens with zero attached hydrogens (tertiary/aromatic N) is 2. The molecule has 2 aromatic carbocycles. The molecule has 28 heavy (non-hydrogen) atoms. The Labute approximate surface area is 163 Å². The fourth-order valence-electron chi connectivity index (χ4n) is 2.53. The van der Waals surface area contributed by atoms with Crippen LogP contribution in [-0.4, -0.2) is 45.0 Å². The van der Waals surface area contributed by atoms with Crippen molar-refractivity contribution in [2.45, 2.75) is 20.0 Å². The second-order valence-corrected chi connectivity index (χ2v) is 6.51. The summed E-state index contributed by atoms with van der Waals surface area (Å²) in [5, 5.41) is 0. The zero-order valence-corrected chi connectivity index (χ0v) is 16.5. The number of aliphatic imine (C=N–C) groups is 1. The third-order valence-electron chi connectivity index (χ3n) is 3.99. The smallest absolute Gasteiger partial charge is 0.416 e. The monoisotopic (exact) mass is 394 g/mol. The van der Waals surface area contributed by atoms with Gasteiger partial charge >= 0.3 is 6.18 Å². The minimum atomic E-state index is -4.42. The van der Waals surface area contributed by atoms with Crippen molar-refractivity contribution in [3.05, 3.63) is 53.1 Å². The number of benzene rings is 2. The summed E-state index contributed by atoms with van der Waals surface area (Å²) in [6.07, 6.45) is -2.93. The molecule has 0 heterocycles. The Morgan fingerprint density at radius 2 is 1.75 bits per heavy atom. The lowest BCUT2D eigenvalue weighted by Gasteiger charge is -2.15. The van der Waals surface area contributed by atoms with E-state index in [0.29, 0.717) is 30.3 Å². The van der Waals surface area contributed by atoms with Gasteiger partial charge in [-0.15, -0.1) is 0 Å². The van der Waals surface area contributed by atoms with Crippen LogP contribution in [0.25, 0.3) is 0 Å². The van der Waals surface area contributed by atoms with E-state index < -0.39 is 11.7 Å². The van der Waals surface area contributed by atoms with Crippen LogP contribution in [0.2, 0.25) is 0 Å². The molecule has 0 saturated carbocycles. The van der Waals surface area contributed by atoms with E-state index in [9.17, 15) is 13.2 Å². The highest BCUT2D eigenvalue weighted by atomic mass is 19.4. The van der Waals surface area contributed by atoms with Crippen molar-refractivity contribution >= 4 is 11.9 Å². The summed E-state index contributed by atoms with van der Waals surface area (Å²) >= 11 is 0. The summed E-state index contributed by atoms with van der Waals surface area (Å²) in [7, 11) is 3.88. The van der Waals surface area contributed by atoms with Crippen molar-refractivity contribution in [1.29, 1.82) is 0 Å². The Morgan fingerprint density at radius 1 is 1.07 bits per heavy atom. The Bertz CT molecular complexity index is 818. The van der Waals surface area contributed by atoms with Gasteiger partial charge in [0, 0.05) is 12.8 Å². The van der Waals surface area contributed by atoms with Crippen molar-refractivity contribution in [3.63, 3.8) is 0 Å². The lowest BCUT2D eigenvalue weighted by atomic mass is 10.1. The van der Waals surface area contributed by atoms with Gasteiger partial charge in [0.25, 0.3) is 0 Å². The number of alkyl halides is 3. The first kappa shape index (κ1) is 21.8. The van der Waals surface area contributed by atoms with E-state index in [0.717, 1.165) is 12.6 Å². The molecule has 2 aromatic rings. The highest BCUT2D eigenvalue weighted by molar-refractivity contribution is 5.89. The standard InChI is InChI=1S/C21H25F3N2O2/c1-5-27-19-7-6-8-20(28-12-11-26(3)4)17(19)14-25-16-10-9-15(2)18(13-16)21(22,23)24/h6-10,13-14H,5,11-12H2,1-4H3. The summed E-state index contributed by atoms with van der Waals surface area (Å²) in [5.41, 5.74) is 0.275. The summed E-state index contributed by atoms with van der Waals surface area (Å²) < 4.78 is 50.8. The molecular formula is C21H25F3N2O2. The van der Waals surface area contributed by atoms with Gasteiger partial charge in [-0.2, -0.15) is 13.2 Å². The Hall–Kier alpha value is -2.54. The van der Waals surface area contributed by atoms with Crippen LogP contribution in [0.5, 0.6) is 11.5 Å². The first-order chi connectivity index (χ1) is 13.2. The van der Waals surface area contributed by atoms with Crippen molar-refractivity contribution in [1.82, 2.24) is 4.90 Å². The Balaban J connectivity index is 2.35. The maximum absolute atomic E-state index is 13.1. The SMILES string of the molecule is CCOc1cccc(OCCN(C)C)c1C=Nc1ccc(C)c(C(F)(F)F)c1. The molecule has 0 saturated heterocycles. The lowest BCUT2D eigenvalue weighted by Crippen LogP contribution is -2.19. The molecule has 0 unspecified atom stereocenters. The molecule has 0 bridgehead atoms. The highest BCUT2D eigenvalue weighted by Crippen LogP contribution is 2.34. The van der Waals surface area contributed by atoms with Gasteiger partial charge in [0.2, 0.25) is 0 Å². The molecule has 0 aliphatic carbocycles. The molecule has 4 nitrogen and oxygen atoms in total. The zero-order chi connectivity index (χ0) is 20.7.